The molecule has 72 valence electrons. The summed E-state index contributed by atoms with van der Waals surface area (Å²) in [6.45, 7) is 12.4. The molecule has 12 heavy (non-hydrogen) atoms. The van der Waals surface area contributed by atoms with E-state index >= 15 is 0 Å². The number of likely N-dealkylation sites (N-methyl/N-ethyl adjacent to an activating group) is 1. The molecule has 0 saturated heterocycles. The topological polar surface area (TPSA) is 3.24 Å². The largest absolute Gasteiger partial charge is 0.300 e. The minimum Gasteiger partial charge on any atom is -0.300 e. The lowest BCUT2D eigenvalue weighted by molar-refractivity contribution is 0.327. The van der Waals surface area contributed by atoms with Crippen molar-refractivity contribution in [3.8, 4) is 0 Å². The Labute approximate surface area is 77.5 Å². The smallest absolute Gasteiger partial charge is 0.0192 e. The van der Waals surface area contributed by atoms with E-state index in [1.165, 1.54) is 12.8 Å². The second kappa shape index (κ2) is 7.35. The molecule has 0 unspecified atom stereocenters. The van der Waals surface area contributed by atoms with Gasteiger partial charge in [0.1, 0.15) is 0 Å². The molecule has 0 aromatic rings. The fourth-order valence-corrected chi connectivity index (χ4v) is 1.34. The van der Waals surface area contributed by atoms with Crippen molar-refractivity contribution in [1.82, 2.24) is 4.90 Å². The number of hydrogen-bond donors (Lipinski definition) is 0. The van der Waals surface area contributed by atoms with E-state index in [4.69, 9.17) is 0 Å². The van der Waals surface area contributed by atoms with Crippen LogP contribution in [0, 0.1) is 0 Å². The van der Waals surface area contributed by atoms with Crippen LogP contribution >= 0.6 is 0 Å². The molecular formula is C11H23N. The average molecular weight is 169 g/mol. The van der Waals surface area contributed by atoms with Crippen molar-refractivity contribution < 1.29 is 0 Å². The van der Waals surface area contributed by atoms with Gasteiger partial charge in [-0.25, -0.2) is 0 Å². The Kier molecular flexibility index (Phi) is 7.17. The SMILES string of the molecule is CC/C=C(\CC)CN(CC)CC. The first-order valence-electron chi connectivity index (χ1n) is 5.18. The van der Waals surface area contributed by atoms with Crippen LogP contribution in [0.5, 0.6) is 0 Å². The third kappa shape index (κ3) is 4.55. The zero-order valence-corrected chi connectivity index (χ0v) is 9.06. The summed E-state index contributed by atoms with van der Waals surface area (Å²) in [5.74, 6) is 0. The molecule has 0 rings (SSSR count). The Bertz CT molecular complexity index is 123. The van der Waals surface area contributed by atoms with Gasteiger partial charge in [0.15, 0.2) is 0 Å². The van der Waals surface area contributed by atoms with Crippen LogP contribution in [0.2, 0.25) is 0 Å². The van der Waals surface area contributed by atoms with Gasteiger partial charge in [0.2, 0.25) is 0 Å². The van der Waals surface area contributed by atoms with Gasteiger partial charge in [-0.1, -0.05) is 39.3 Å². The van der Waals surface area contributed by atoms with Crippen LogP contribution < -0.4 is 0 Å². The summed E-state index contributed by atoms with van der Waals surface area (Å²) in [4.78, 5) is 2.46. The highest BCUT2D eigenvalue weighted by Gasteiger charge is 2.00. The molecule has 0 radical (unpaired) electrons. The normalized spacial score (nSPS) is 12.6. The van der Waals surface area contributed by atoms with Crippen LogP contribution in [-0.4, -0.2) is 24.5 Å². The molecule has 0 atom stereocenters. The van der Waals surface area contributed by atoms with E-state index in [9.17, 15) is 0 Å². The Balaban J connectivity index is 3.91. The molecule has 0 spiro atoms. The predicted octanol–water partition coefficient (Wildman–Crippen LogP) is 3.07. The number of nitrogens with zero attached hydrogens (tertiary/aromatic N) is 1. The zero-order valence-electron chi connectivity index (χ0n) is 9.06. The first-order valence-corrected chi connectivity index (χ1v) is 5.18. The van der Waals surface area contributed by atoms with E-state index < -0.39 is 0 Å². The van der Waals surface area contributed by atoms with Crippen molar-refractivity contribution in [3.05, 3.63) is 11.6 Å². The van der Waals surface area contributed by atoms with Crippen molar-refractivity contribution in [2.45, 2.75) is 40.5 Å². The summed E-state index contributed by atoms with van der Waals surface area (Å²) in [5.41, 5.74) is 1.58. The van der Waals surface area contributed by atoms with Crippen LogP contribution in [-0.2, 0) is 0 Å². The van der Waals surface area contributed by atoms with Crippen molar-refractivity contribution >= 4 is 0 Å². The van der Waals surface area contributed by atoms with E-state index in [2.05, 4.69) is 38.7 Å². The van der Waals surface area contributed by atoms with Gasteiger partial charge in [-0.15, -0.1) is 0 Å². The number of hydrogen-bond acceptors (Lipinski definition) is 1. The summed E-state index contributed by atoms with van der Waals surface area (Å²) in [6, 6.07) is 0. The Morgan fingerprint density at radius 2 is 1.67 bits per heavy atom. The standard InChI is InChI=1S/C11H23N/c1-5-9-11(6-2)10-12(7-3)8-4/h9H,5-8,10H2,1-4H3/b11-9+. The molecule has 0 aliphatic heterocycles. The molecular weight excluding hydrogens is 146 g/mol. The fourth-order valence-electron chi connectivity index (χ4n) is 1.34. The maximum Gasteiger partial charge on any atom is 0.0192 e. The summed E-state index contributed by atoms with van der Waals surface area (Å²) in [6.07, 6.45) is 4.73. The monoisotopic (exact) mass is 169 g/mol. The Morgan fingerprint density at radius 1 is 1.08 bits per heavy atom. The van der Waals surface area contributed by atoms with E-state index in [1.807, 2.05) is 0 Å². The highest BCUT2D eigenvalue weighted by molar-refractivity contribution is 5.03. The molecule has 0 aromatic heterocycles. The summed E-state index contributed by atoms with van der Waals surface area (Å²) >= 11 is 0. The van der Waals surface area contributed by atoms with Crippen LogP contribution in [0.3, 0.4) is 0 Å². The minimum atomic E-state index is 1.16. The summed E-state index contributed by atoms with van der Waals surface area (Å²) in [7, 11) is 0. The lowest BCUT2D eigenvalue weighted by Crippen LogP contribution is -2.25. The molecule has 0 fully saturated rings. The maximum absolute atomic E-state index is 2.46. The zero-order chi connectivity index (χ0) is 9.40. The lowest BCUT2D eigenvalue weighted by atomic mass is 10.1. The quantitative estimate of drug-likeness (QED) is 0.552. The van der Waals surface area contributed by atoms with Crippen molar-refractivity contribution in [2.24, 2.45) is 0 Å². The summed E-state index contributed by atoms with van der Waals surface area (Å²) in [5, 5.41) is 0. The van der Waals surface area contributed by atoms with Crippen LogP contribution in [0.25, 0.3) is 0 Å². The second-order valence-electron chi connectivity index (χ2n) is 3.09. The summed E-state index contributed by atoms with van der Waals surface area (Å²) < 4.78 is 0. The van der Waals surface area contributed by atoms with Gasteiger partial charge in [0, 0.05) is 6.54 Å². The molecule has 0 amide bonds. The fraction of sp³-hybridized carbons (Fsp3) is 0.818. The van der Waals surface area contributed by atoms with Crippen molar-refractivity contribution in [3.63, 3.8) is 0 Å². The molecule has 0 bridgehead atoms. The number of rotatable bonds is 6. The van der Waals surface area contributed by atoms with E-state index in [-0.39, 0.29) is 0 Å². The third-order valence-electron chi connectivity index (χ3n) is 2.27. The number of allylic oxidation sites excluding steroid dienone is 1. The molecule has 0 aromatic carbocycles. The molecule has 0 heterocycles. The van der Waals surface area contributed by atoms with Crippen LogP contribution in [0.15, 0.2) is 11.6 Å². The van der Waals surface area contributed by atoms with Gasteiger partial charge in [-0.2, -0.15) is 0 Å². The molecule has 0 N–H and O–H groups in total. The molecule has 1 nitrogen and oxygen atoms in total. The molecule has 0 aliphatic carbocycles. The minimum absolute atomic E-state index is 1.16. The first kappa shape index (κ1) is 11.7. The maximum atomic E-state index is 2.46. The Morgan fingerprint density at radius 3 is 2.00 bits per heavy atom. The van der Waals surface area contributed by atoms with Crippen LogP contribution in [0.4, 0.5) is 0 Å². The average Bonchev–Trinajstić information content (AvgIpc) is 2.12. The van der Waals surface area contributed by atoms with Gasteiger partial charge in [-0.05, 0) is 25.9 Å². The third-order valence-corrected chi connectivity index (χ3v) is 2.27. The van der Waals surface area contributed by atoms with Crippen LogP contribution in [0.1, 0.15) is 40.5 Å². The molecule has 0 aliphatic rings. The van der Waals surface area contributed by atoms with E-state index in [1.54, 1.807) is 5.57 Å². The van der Waals surface area contributed by atoms with Gasteiger partial charge >= 0.3 is 0 Å². The van der Waals surface area contributed by atoms with E-state index in [0.717, 1.165) is 19.6 Å². The van der Waals surface area contributed by atoms with Gasteiger partial charge in [-0.3, -0.25) is 4.90 Å². The van der Waals surface area contributed by atoms with Gasteiger partial charge < -0.3 is 0 Å². The highest BCUT2D eigenvalue weighted by atomic mass is 15.1. The lowest BCUT2D eigenvalue weighted by Gasteiger charge is -2.19. The highest BCUT2D eigenvalue weighted by Crippen LogP contribution is 2.04. The van der Waals surface area contributed by atoms with Crippen molar-refractivity contribution in [2.75, 3.05) is 19.6 Å². The van der Waals surface area contributed by atoms with Gasteiger partial charge in [0.25, 0.3) is 0 Å². The van der Waals surface area contributed by atoms with Crippen molar-refractivity contribution in [1.29, 1.82) is 0 Å². The Hall–Kier alpha value is -0.300. The molecule has 0 saturated carbocycles. The van der Waals surface area contributed by atoms with E-state index in [0.29, 0.717) is 0 Å². The van der Waals surface area contributed by atoms with Gasteiger partial charge in [0.05, 0.1) is 0 Å². The predicted molar refractivity (Wildman–Crippen MR) is 56.5 cm³/mol. The molecule has 1 heteroatoms. The second-order valence-corrected chi connectivity index (χ2v) is 3.09. The first-order chi connectivity index (χ1) is 5.78.